The average Bonchev–Trinajstić information content (AvgIpc) is 3.49. The van der Waals surface area contributed by atoms with Gasteiger partial charge in [-0.1, -0.05) is 152 Å². The summed E-state index contributed by atoms with van der Waals surface area (Å²) in [4.78, 5) is 0. The fourth-order valence-electron chi connectivity index (χ4n) is 7.39. The molecule has 8 rings (SSSR count). The molecule has 1 N–H and O–H groups in total. The van der Waals surface area contributed by atoms with Gasteiger partial charge in [-0.3, -0.25) is 0 Å². The third-order valence-corrected chi connectivity index (χ3v) is 9.67. The molecular formula is C47H31N3. The minimum absolute atomic E-state index is 0.357. The number of rotatable bonds is 7. The van der Waals surface area contributed by atoms with Crippen molar-refractivity contribution < 1.29 is 0 Å². The van der Waals surface area contributed by atoms with Crippen LogP contribution in [0.15, 0.2) is 182 Å². The SMILES string of the molecule is N#C/C(=C(/C#N)c1ccc(Nc2ccc(-c3ccc4c(c3)C(c3ccccc3)(c3ccccc3)c3ccccc3-4)cc2)cc1)c1ccccc1. The number of nitrogens with zero attached hydrogens (tertiary/aromatic N) is 2. The molecule has 0 amide bonds. The van der Waals surface area contributed by atoms with Crippen LogP contribution in [0.2, 0.25) is 0 Å². The molecule has 7 aromatic rings. The third kappa shape index (κ3) is 5.15. The largest absolute Gasteiger partial charge is 0.356 e. The highest BCUT2D eigenvalue weighted by Crippen LogP contribution is 2.56. The summed E-state index contributed by atoms with van der Waals surface area (Å²) in [5.74, 6) is 0. The molecule has 0 aromatic heterocycles. The van der Waals surface area contributed by atoms with E-state index < -0.39 is 5.41 Å². The number of anilines is 2. The van der Waals surface area contributed by atoms with Crippen LogP contribution in [0.5, 0.6) is 0 Å². The van der Waals surface area contributed by atoms with Crippen LogP contribution < -0.4 is 5.32 Å². The van der Waals surface area contributed by atoms with Crippen molar-refractivity contribution in [1.82, 2.24) is 0 Å². The zero-order valence-electron chi connectivity index (χ0n) is 27.2. The smallest absolute Gasteiger partial charge is 0.101 e. The van der Waals surface area contributed by atoms with Gasteiger partial charge in [0.2, 0.25) is 0 Å². The van der Waals surface area contributed by atoms with Crippen LogP contribution >= 0.6 is 0 Å². The Kier molecular flexibility index (Phi) is 7.86. The Labute approximate surface area is 292 Å². The topological polar surface area (TPSA) is 59.6 Å². The van der Waals surface area contributed by atoms with E-state index >= 15 is 0 Å². The number of nitriles is 2. The van der Waals surface area contributed by atoms with Crippen molar-refractivity contribution in [3.63, 3.8) is 0 Å². The van der Waals surface area contributed by atoms with Gasteiger partial charge >= 0.3 is 0 Å². The van der Waals surface area contributed by atoms with Crippen LogP contribution in [0.25, 0.3) is 33.4 Å². The standard InChI is InChI=1S/C47H31N3/c48-31-43(34-12-4-1-5-13-34)44(32-49)35-22-27-40(28-23-35)50-39-25-20-33(21-26-39)36-24-29-42-41-18-10-11-19-45(41)47(46(42)30-36,37-14-6-2-7-15-37)38-16-8-3-9-17-38/h1-30,50H/b44-43+. The molecule has 0 unspecified atom stereocenters. The molecule has 0 radical (unpaired) electrons. The maximum Gasteiger partial charge on any atom is 0.101 e. The van der Waals surface area contributed by atoms with Crippen molar-refractivity contribution in [2.45, 2.75) is 5.41 Å². The molecule has 0 heterocycles. The number of fused-ring (bicyclic) bond motifs is 3. The lowest BCUT2D eigenvalue weighted by Crippen LogP contribution is -2.28. The van der Waals surface area contributed by atoms with Crippen LogP contribution in [-0.2, 0) is 5.41 Å². The molecule has 234 valence electrons. The van der Waals surface area contributed by atoms with E-state index in [-0.39, 0.29) is 0 Å². The quantitative estimate of drug-likeness (QED) is 0.140. The monoisotopic (exact) mass is 637 g/mol. The summed E-state index contributed by atoms with van der Waals surface area (Å²) >= 11 is 0. The van der Waals surface area contributed by atoms with Gasteiger partial charge in [0.05, 0.1) is 16.6 Å². The second kappa shape index (κ2) is 12.9. The first kappa shape index (κ1) is 30.4. The zero-order chi connectivity index (χ0) is 33.9. The lowest BCUT2D eigenvalue weighted by molar-refractivity contribution is 0.769. The van der Waals surface area contributed by atoms with E-state index in [9.17, 15) is 10.5 Å². The Morgan fingerprint density at radius 2 is 0.880 bits per heavy atom. The van der Waals surface area contributed by atoms with Gasteiger partial charge in [-0.15, -0.1) is 0 Å². The van der Waals surface area contributed by atoms with Crippen LogP contribution in [-0.4, -0.2) is 0 Å². The highest BCUT2D eigenvalue weighted by molar-refractivity contribution is 6.02. The van der Waals surface area contributed by atoms with Gasteiger partial charge < -0.3 is 5.32 Å². The van der Waals surface area contributed by atoms with E-state index in [1.165, 1.54) is 33.4 Å². The summed E-state index contributed by atoms with van der Waals surface area (Å²) in [6, 6.07) is 67.3. The summed E-state index contributed by atoms with van der Waals surface area (Å²) in [7, 11) is 0. The predicted molar refractivity (Wildman–Crippen MR) is 203 cm³/mol. The first-order chi connectivity index (χ1) is 24.7. The molecule has 0 bridgehead atoms. The predicted octanol–water partition coefficient (Wildman–Crippen LogP) is 11.4. The first-order valence-electron chi connectivity index (χ1n) is 16.6. The van der Waals surface area contributed by atoms with Crippen molar-refractivity contribution in [3.8, 4) is 34.4 Å². The summed E-state index contributed by atoms with van der Waals surface area (Å²) in [6.07, 6.45) is 0. The zero-order valence-corrected chi connectivity index (χ0v) is 27.2. The van der Waals surface area contributed by atoms with Crippen molar-refractivity contribution in [2.75, 3.05) is 5.32 Å². The number of benzene rings is 7. The summed E-state index contributed by atoms with van der Waals surface area (Å²) in [5.41, 5.74) is 13.5. The highest BCUT2D eigenvalue weighted by Gasteiger charge is 2.46. The van der Waals surface area contributed by atoms with Crippen LogP contribution in [0.1, 0.15) is 33.4 Å². The molecule has 0 atom stereocenters. The van der Waals surface area contributed by atoms with E-state index in [4.69, 9.17) is 0 Å². The first-order valence-corrected chi connectivity index (χ1v) is 16.6. The second-order valence-corrected chi connectivity index (χ2v) is 12.4. The molecule has 0 saturated carbocycles. The molecule has 3 heteroatoms. The Hall–Kier alpha value is -6.94. The number of allylic oxidation sites excluding steroid dienone is 2. The summed E-state index contributed by atoms with van der Waals surface area (Å²) in [6.45, 7) is 0. The van der Waals surface area contributed by atoms with E-state index in [1.54, 1.807) is 0 Å². The minimum atomic E-state index is -0.437. The highest BCUT2D eigenvalue weighted by atomic mass is 14.9. The van der Waals surface area contributed by atoms with Crippen molar-refractivity contribution in [1.29, 1.82) is 10.5 Å². The van der Waals surface area contributed by atoms with Gasteiger partial charge in [0.1, 0.15) is 12.1 Å². The van der Waals surface area contributed by atoms with Gasteiger partial charge in [0.25, 0.3) is 0 Å². The number of nitrogens with one attached hydrogen (secondary N) is 1. The van der Waals surface area contributed by atoms with Crippen molar-refractivity contribution in [2.24, 2.45) is 0 Å². The summed E-state index contributed by atoms with van der Waals surface area (Å²) < 4.78 is 0. The Bertz CT molecular complexity index is 2390. The fourth-order valence-corrected chi connectivity index (χ4v) is 7.39. The van der Waals surface area contributed by atoms with Gasteiger partial charge in [0.15, 0.2) is 0 Å². The minimum Gasteiger partial charge on any atom is -0.356 e. The van der Waals surface area contributed by atoms with Crippen LogP contribution in [0.4, 0.5) is 11.4 Å². The molecule has 1 aliphatic rings. The molecule has 50 heavy (non-hydrogen) atoms. The van der Waals surface area contributed by atoms with Gasteiger partial charge in [-0.05, 0) is 86.0 Å². The molecule has 7 aromatic carbocycles. The number of hydrogen-bond donors (Lipinski definition) is 1. The van der Waals surface area contributed by atoms with Crippen molar-refractivity contribution >= 4 is 22.5 Å². The van der Waals surface area contributed by atoms with E-state index in [0.29, 0.717) is 16.7 Å². The van der Waals surface area contributed by atoms with E-state index in [2.05, 4.69) is 145 Å². The second-order valence-electron chi connectivity index (χ2n) is 12.4. The molecule has 3 nitrogen and oxygen atoms in total. The maximum absolute atomic E-state index is 9.93. The van der Waals surface area contributed by atoms with E-state index in [1.807, 2.05) is 54.6 Å². The average molecular weight is 638 g/mol. The molecule has 0 saturated heterocycles. The van der Waals surface area contributed by atoms with Crippen LogP contribution in [0.3, 0.4) is 0 Å². The lowest BCUT2D eigenvalue weighted by atomic mass is 9.67. The molecular weight excluding hydrogens is 607 g/mol. The Morgan fingerprint density at radius 3 is 1.46 bits per heavy atom. The maximum atomic E-state index is 9.93. The molecule has 0 fully saturated rings. The van der Waals surface area contributed by atoms with Crippen LogP contribution in [0, 0.1) is 22.7 Å². The summed E-state index contributed by atoms with van der Waals surface area (Å²) in [5, 5.41) is 23.3. The molecule has 0 spiro atoms. The Morgan fingerprint density at radius 1 is 0.420 bits per heavy atom. The van der Waals surface area contributed by atoms with Gasteiger partial charge in [0, 0.05) is 11.4 Å². The normalized spacial score (nSPS) is 12.8. The molecule has 1 aliphatic carbocycles. The van der Waals surface area contributed by atoms with Gasteiger partial charge in [-0.2, -0.15) is 10.5 Å². The van der Waals surface area contributed by atoms with Crippen molar-refractivity contribution in [3.05, 3.63) is 215 Å². The number of hydrogen-bond acceptors (Lipinski definition) is 3. The van der Waals surface area contributed by atoms with E-state index in [0.717, 1.165) is 28.1 Å². The third-order valence-electron chi connectivity index (χ3n) is 9.67. The van der Waals surface area contributed by atoms with Gasteiger partial charge in [-0.25, -0.2) is 0 Å². The fraction of sp³-hybridized carbons (Fsp3) is 0.0213. The molecule has 0 aliphatic heterocycles. The Balaban J connectivity index is 1.12. The lowest BCUT2D eigenvalue weighted by Gasteiger charge is -2.34.